The second kappa shape index (κ2) is 4.35. The molecule has 0 amide bonds. The summed E-state index contributed by atoms with van der Waals surface area (Å²) in [4.78, 5) is 4.60. The first-order valence-electron chi connectivity index (χ1n) is 4.16. The molecule has 0 aliphatic carbocycles. The summed E-state index contributed by atoms with van der Waals surface area (Å²) in [5, 5.41) is 11.6. The van der Waals surface area contributed by atoms with E-state index in [1.807, 2.05) is 6.07 Å². The molecule has 74 valence electrons. The highest BCUT2D eigenvalue weighted by molar-refractivity contribution is 9.12. The number of nitrogens with one attached hydrogen (secondary N) is 1. The Hall–Kier alpha value is -0.490. The third-order valence-electron chi connectivity index (χ3n) is 1.90. The van der Waals surface area contributed by atoms with Crippen LogP contribution in [-0.2, 0) is 6.42 Å². The molecule has 2 rings (SSSR count). The average molecular weight is 320 g/mol. The Morgan fingerprint density at radius 2 is 2.36 bits per heavy atom. The standard InChI is InChI=1S/C8H8Br2N4/c9-4-5(10)3-7-8-6(1-2-11-8)12-14-13-7/h1-2,5H,3-4H2,(H,12,13). The summed E-state index contributed by atoms with van der Waals surface area (Å²) in [5.74, 6) is 0. The summed E-state index contributed by atoms with van der Waals surface area (Å²) in [7, 11) is 0. The minimum atomic E-state index is 0.360. The van der Waals surface area contributed by atoms with Crippen LogP contribution in [0.2, 0.25) is 0 Å². The number of aromatic nitrogens is 4. The highest BCUT2D eigenvalue weighted by Gasteiger charge is 2.14. The number of hydrogen-bond donors (Lipinski definition) is 1. The van der Waals surface area contributed by atoms with Crippen molar-refractivity contribution >= 4 is 31.9 Å². The Labute approximate surface area is 98.1 Å². The van der Waals surface area contributed by atoms with Crippen LogP contribution in [0, 0.1) is 0 Å². The van der Waals surface area contributed by atoms with E-state index in [0.29, 0.717) is 4.83 Å². The summed E-state index contributed by atoms with van der Waals surface area (Å²) < 4.78 is 0. The lowest BCUT2D eigenvalue weighted by Crippen LogP contribution is -2.09. The van der Waals surface area contributed by atoms with E-state index in [1.165, 1.54) is 0 Å². The molecule has 0 bridgehead atoms. The van der Waals surface area contributed by atoms with Gasteiger partial charge in [0.2, 0.25) is 0 Å². The number of H-pyrrole nitrogens is 1. The Morgan fingerprint density at radius 3 is 3.14 bits per heavy atom. The van der Waals surface area contributed by atoms with Gasteiger partial charge in [-0.15, -0.1) is 5.10 Å². The molecule has 4 nitrogen and oxygen atoms in total. The van der Waals surface area contributed by atoms with E-state index in [-0.39, 0.29) is 0 Å². The molecule has 0 fully saturated rings. The first-order valence-corrected chi connectivity index (χ1v) is 6.19. The van der Waals surface area contributed by atoms with Gasteiger partial charge < -0.3 is 0 Å². The minimum Gasteiger partial charge on any atom is -0.257 e. The lowest BCUT2D eigenvalue weighted by Gasteiger charge is -2.07. The summed E-state index contributed by atoms with van der Waals surface area (Å²) in [5.41, 5.74) is 2.76. The molecule has 1 atom stereocenters. The zero-order valence-electron chi connectivity index (χ0n) is 7.24. The third-order valence-corrected chi connectivity index (χ3v) is 4.19. The zero-order chi connectivity index (χ0) is 9.97. The minimum absolute atomic E-state index is 0.360. The van der Waals surface area contributed by atoms with Gasteiger partial charge in [-0.3, -0.25) is 10.1 Å². The van der Waals surface area contributed by atoms with Crippen LogP contribution in [0.15, 0.2) is 12.3 Å². The van der Waals surface area contributed by atoms with Gasteiger partial charge in [-0.2, -0.15) is 0 Å². The van der Waals surface area contributed by atoms with Gasteiger partial charge in [0.15, 0.2) is 0 Å². The topological polar surface area (TPSA) is 54.5 Å². The van der Waals surface area contributed by atoms with Crippen molar-refractivity contribution in [3.8, 4) is 11.4 Å². The first kappa shape index (κ1) is 10.0. The van der Waals surface area contributed by atoms with Crippen molar-refractivity contribution in [2.45, 2.75) is 11.2 Å². The van der Waals surface area contributed by atoms with Crippen molar-refractivity contribution < 1.29 is 0 Å². The van der Waals surface area contributed by atoms with Gasteiger partial charge in [0.25, 0.3) is 0 Å². The Balaban J connectivity index is 2.29. The predicted molar refractivity (Wildman–Crippen MR) is 61.0 cm³/mol. The molecule has 6 heteroatoms. The molecule has 1 N–H and O–H groups in total. The highest BCUT2D eigenvalue weighted by atomic mass is 79.9. The first-order chi connectivity index (χ1) is 6.81. The van der Waals surface area contributed by atoms with Gasteiger partial charge in [0.1, 0.15) is 5.69 Å². The number of hydrogen-bond acceptors (Lipinski definition) is 3. The largest absolute Gasteiger partial charge is 0.257 e. The van der Waals surface area contributed by atoms with Crippen molar-refractivity contribution in [1.82, 2.24) is 20.4 Å². The maximum absolute atomic E-state index is 4.24. The Kier molecular flexibility index (Phi) is 3.12. The highest BCUT2D eigenvalue weighted by Crippen LogP contribution is 2.21. The molecule has 0 saturated carbocycles. The number of fused-ring (bicyclic) bond motifs is 1. The number of nitrogens with zero attached hydrogens (tertiary/aromatic N) is 3. The molecule has 2 aliphatic rings. The number of halogens is 2. The summed E-state index contributed by atoms with van der Waals surface area (Å²) in [6.45, 7) is 0. The van der Waals surface area contributed by atoms with E-state index in [4.69, 9.17) is 0 Å². The van der Waals surface area contributed by atoms with E-state index in [1.54, 1.807) is 6.20 Å². The summed E-state index contributed by atoms with van der Waals surface area (Å²) in [6.07, 6.45) is 2.58. The van der Waals surface area contributed by atoms with Crippen LogP contribution in [-0.4, -0.2) is 30.6 Å². The summed E-state index contributed by atoms with van der Waals surface area (Å²) in [6, 6.07) is 1.89. The Morgan fingerprint density at radius 1 is 1.50 bits per heavy atom. The molecule has 14 heavy (non-hydrogen) atoms. The van der Waals surface area contributed by atoms with E-state index in [2.05, 4.69) is 52.3 Å². The van der Waals surface area contributed by atoms with Crippen LogP contribution in [0.5, 0.6) is 0 Å². The van der Waals surface area contributed by atoms with Crippen LogP contribution in [0.25, 0.3) is 11.4 Å². The molecular weight excluding hydrogens is 312 g/mol. The fraction of sp³-hybridized carbons (Fsp3) is 0.375. The lowest BCUT2D eigenvalue weighted by molar-refractivity contribution is 0.792. The van der Waals surface area contributed by atoms with Crippen molar-refractivity contribution in [2.24, 2.45) is 0 Å². The van der Waals surface area contributed by atoms with Crippen LogP contribution < -0.4 is 0 Å². The van der Waals surface area contributed by atoms with Crippen LogP contribution in [0.4, 0.5) is 0 Å². The van der Waals surface area contributed by atoms with E-state index in [0.717, 1.165) is 28.8 Å². The SMILES string of the molecule is BrCC(Br)Cc1nn[nH]c2ccnc1-2. The average Bonchev–Trinajstić information content (AvgIpc) is 2.66. The molecule has 2 aliphatic heterocycles. The molecule has 0 aromatic rings. The molecule has 1 unspecified atom stereocenters. The Bertz CT molecular complexity index is 389. The molecule has 0 aromatic carbocycles. The monoisotopic (exact) mass is 318 g/mol. The second-order valence-electron chi connectivity index (χ2n) is 2.92. The van der Waals surface area contributed by atoms with Gasteiger partial charge in [-0.05, 0) is 6.07 Å². The van der Waals surface area contributed by atoms with Gasteiger partial charge in [-0.1, -0.05) is 37.1 Å². The number of rotatable bonds is 3. The van der Waals surface area contributed by atoms with E-state index in [9.17, 15) is 0 Å². The van der Waals surface area contributed by atoms with Gasteiger partial charge >= 0.3 is 0 Å². The van der Waals surface area contributed by atoms with E-state index >= 15 is 0 Å². The molecular formula is C8H8Br2N4. The summed E-state index contributed by atoms with van der Waals surface area (Å²) >= 11 is 6.94. The maximum Gasteiger partial charge on any atom is 0.111 e. The lowest BCUT2D eigenvalue weighted by atomic mass is 10.2. The van der Waals surface area contributed by atoms with Crippen molar-refractivity contribution in [3.05, 3.63) is 18.0 Å². The van der Waals surface area contributed by atoms with Crippen molar-refractivity contribution in [3.63, 3.8) is 0 Å². The fourth-order valence-corrected chi connectivity index (χ4v) is 1.78. The van der Waals surface area contributed by atoms with Crippen molar-refractivity contribution in [1.29, 1.82) is 0 Å². The molecule has 0 aromatic heterocycles. The molecule has 0 spiro atoms. The zero-order valence-corrected chi connectivity index (χ0v) is 10.4. The van der Waals surface area contributed by atoms with Crippen LogP contribution >= 0.6 is 31.9 Å². The van der Waals surface area contributed by atoms with Gasteiger partial charge in [0, 0.05) is 22.8 Å². The molecule has 0 radical (unpaired) electrons. The molecule has 0 saturated heterocycles. The van der Waals surface area contributed by atoms with Crippen molar-refractivity contribution in [2.75, 3.05) is 5.33 Å². The smallest absolute Gasteiger partial charge is 0.111 e. The van der Waals surface area contributed by atoms with Crippen LogP contribution in [0.1, 0.15) is 5.69 Å². The normalized spacial score (nSPS) is 13.3. The fourth-order valence-electron chi connectivity index (χ4n) is 1.24. The molecule has 2 heterocycles. The number of aromatic amines is 1. The quantitative estimate of drug-likeness (QED) is 0.880. The second-order valence-corrected chi connectivity index (χ2v) is 4.86. The van der Waals surface area contributed by atoms with Gasteiger partial charge in [-0.25, -0.2) is 0 Å². The van der Waals surface area contributed by atoms with Crippen LogP contribution in [0.3, 0.4) is 0 Å². The van der Waals surface area contributed by atoms with E-state index < -0.39 is 0 Å². The maximum atomic E-state index is 4.24. The third kappa shape index (κ3) is 1.95. The number of alkyl halides is 2. The van der Waals surface area contributed by atoms with Gasteiger partial charge in [0.05, 0.1) is 11.4 Å². The predicted octanol–water partition coefficient (Wildman–Crippen LogP) is 2.01.